The van der Waals surface area contributed by atoms with Gasteiger partial charge in [0.25, 0.3) is 0 Å². The summed E-state index contributed by atoms with van der Waals surface area (Å²) in [5, 5.41) is 11.5. The fraction of sp³-hybridized carbons (Fsp3) is 0.538. The number of nitrogens with zero attached hydrogens (tertiary/aromatic N) is 1. The van der Waals surface area contributed by atoms with Crippen LogP contribution in [-0.2, 0) is 4.74 Å². The minimum absolute atomic E-state index is 0.0489. The third kappa shape index (κ3) is 5.67. The first-order valence-corrected chi connectivity index (χ1v) is 13.2. The molecule has 8 heteroatoms. The van der Waals surface area contributed by atoms with Gasteiger partial charge in [-0.15, -0.1) is 0 Å². The quantitative estimate of drug-likeness (QED) is 0.420. The molecule has 0 spiro atoms. The van der Waals surface area contributed by atoms with Gasteiger partial charge in [-0.05, 0) is 0 Å². The maximum absolute atomic E-state index is 13.1. The van der Waals surface area contributed by atoms with Crippen molar-refractivity contribution in [1.29, 1.82) is 0 Å². The molecule has 1 rings (SSSR count). The third-order valence-corrected chi connectivity index (χ3v) is 5.96. The van der Waals surface area contributed by atoms with Crippen LogP contribution in [0.5, 0.6) is 0 Å². The summed E-state index contributed by atoms with van der Waals surface area (Å²) in [4.78, 5) is 10.1. The van der Waals surface area contributed by atoms with Crippen LogP contribution in [-0.4, -0.2) is 31.3 Å². The van der Waals surface area contributed by atoms with E-state index in [-0.39, 0.29) is 6.61 Å². The van der Waals surface area contributed by atoms with Crippen molar-refractivity contribution in [2.24, 2.45) is 0 Å². The van der Waals surface area contributed by atoms with E-state index in [4.69, 9.17) is 4.74 Å². The van der Waals surface area contributed by atoms with Gasteiger partial charge in [-0.1, -0.05) is 0 Å². The summed E-state index contributed by atoms with van der Waals surface area (Å²) < 4.78 is 44.4. The second kappa shape index (κ2) is 6.79. The predicted molar refractivity (Wildman–Crippen MR) is 76.0 cm³/mol. The average molecular weight is 368 g/mol. The number of alkyl halides is 3. The summed E-state index contributed by atoms with van der Waals surface area (Å²) in [7, 11) is 0. The standard InChI is InChI=1S/C13H18AsF3NO3/c1-14(2,3)8-9-21-12(13(15,16)17)10-6-4-5-7-11(10)18(19)20/h4-7,12H,8-9H2,1-3H3/q+1/t12-/m0/s1. The molecule has 4 nitrogen and oxygen atoms in total. The van der Waals surface area contributed by atoms with E-state index in [0.717, 1.165) is 12.1 Å². The van der Waals surface area contributed by atoms with Gasteiger partial charge >= 0.3 is 123 Å². The molecule has 0 N–H and O–H groups in total. The summed E-state index contributed by atoms with van der Waals surface area (Å²) in [6.45, 7) is -0.0489. The van der Waals surface area contributed by atoms with Crippen LogP contribution in [0.1, 0.15) is 11.7 Å². The molecule has 0 aromatic heterocycles. The van der Waals surface area contributed by atoms with Crippen molar-refractivity contribution in [3.05, 3.63) is 39.9 Å². The Kier molecular flexibility index (Phi) is 5.82. The van der Waals surface area contributed by atoms with Crippen LogP contribution in [0.2, 0.25) is 22.3 Å². The first-order valence-electron chi connectivity index (χ1n) is 6.24. The Hall–Kier alpha value is -1.07. The number of para-hydroxylation sites is 1. The molecular formula is C13H18AsF3NO3+. The maximum atomic E-state index is 13.1. The SMILES string of the molecule is C[As+](C)(C)CCO[C@@H](c1ccccc1[N+](=O)[O-])C(F)(F)F. The van der Waals surface area contributed by atoms with Gasteiger partial charge in [-0.2, -0.15) is 0 Å². The number of rotatable bonds is 6. The Morgan fingerprint density at radius 3 is 2.33 bits per heavy atom. The Balaban J connectivity index is 3.02. The number of hydrogen-bond donors (Lipinski definition) is 0. The van der Waals surface area contributed by atoms with Crippen LogP contribution >= 0.6 is 0 Å². The minimum atomic E-state index is -4.69. The summed E-state index contributed by atoms with van der Waals surface area (Å²) in [6.07, 6.45) is -6.95. The summed E-state index contributed by atoms with van der Waals surface area (Å²) in [5.41, 5.74) is 5.13. The predicted octanol–water partition coefficient (Wildman–Crippen LogP) is 4.55. The molecule has 0 bridgehead atoms. The van der Waals surface area contributed by atoms with Crippen LogP contribution in [0, 0.1) is 10.1 Å². The van der Waals surface area contributed by atoms with Gasteiger partial charge in [0.15, 0.2) is 0 Å². The molecular weight excluding hydrogens is 350 g/mol. The molecule has 1 aromatic rings. The molecule has 0 heterocycles. The van der Waals surface area contributed by atoms with Gasteiger partial charge in [0.1, 0.15) is 0 Å². The molecule has 118 valence electrons. The van der Waals surface area contributed by atoms with E-state index in [0.29, 0.717) is 5.21 Å². The Morgan fingerprint density at radius 1 is 1.29 bits per heavy atom. The molecule has 0 aliphatic carbocycles. The van der Waals surface area contributed by atoms with E-state index in [9.17, 15) is 23.3 Å². The van der Waals surface area contributed by atoms with Crippen molar-refractivity contribution in [3.63, 3.8) is 0 Å². The molecule has 0 saturated carbocycles. The molecule has 0 saturated heterocycles. The van der Waals surface area contributed by atoms with Gasteiger partial charge in [0.2, 0.25) is 0 Å². The summed E-state index contributed by atoms with van der Waals surface area (Å²) >= 11 is -1.87. The number of benzene rings is 1. The number of hydrogen-bond acceptors (Lipinski definition) is 3. The molecule has 0 aliphatic heterocycles. The molecule has 21 heavy (non-hydrogen) atoms. The molecule has 0 amide bonds. The van der Waals surface area contributed by atoms with Gasteiger partial charge in [0.05, 0.1) is 0 Å². The van der Waals surface area contributed by atoms with Crippen LogP contribution in [0.3, 0.4) is 0 Å². The van der Waals surface area contributed by atoms with Crippen LogP contribution in [0.15, 0.2) is 24.3 Å². The molecule has 1 atom stereocenters. The summed E-state index contributed by atoms with van der Waals surface area (Å²) in [5.74, 6) is 0. The monoisotopic (exact) mass is 368 g/mol. The zero-order valence-electron chi connectivity index (χ0n) is 12.1. The van der Waals surface area contributed by atoms with E-state index < -0.39 is 42.0 Å². The van der Waals surface area contributed by atoms with Gasteiger partial charge in [-0.25, -0.2) is 0 Å². The molecule has 0 aliphatic rings. The normalized spacial score (nSPS) is 14.0. The van der Waals surface area contributed by atoms with Gasteiger partial charge in [-0.3, -0.25) is 0 Å². The molecule has 1 aromatic carbocycles. The molecule has 0 fully saturated rings. The zero-order valence-corrected chi connectivity index (χ0v) is 13.9. The number of halogens is 3. The third-order valence-electron chi connectivity index (χ3n) is 2.76. The van der Waals surface area contributed by atoms with E-state index in [1.54, 1.807) is 0 Å². The first-order chi connectivity index (χ1) is 9.52. The Bertz CT molecular complexity index is 500. The average Bonchev–Trinajstić information content (AvgIpc) is 2.32. The van der Waals surface area contributed by atoms with Crippen LogP contribution < -0.4 is 0 Å². The second-order valence-electron chi connectivity index (χ2n) is 5.62. The van der Waals surface area contributed by atoms with E-state index in [2.05, 4.69) is 17.1 Å². The van der Waals surface area contributed by atoms with Crippen molar-refractivity contribution < 1.29 is 22.8 Å². The van der Waals surface area contributed by atoms with Gasteiger partial charge < -0.3 is 0 Å². The molecule has 0 radical (unpaired) electrons. The zero-order chi connectivity index (χ0) is 16.3. The van der Waals surface area contributed by atoms with Crippen LogP contribution in [0.4, 0.5) is 18.9 Å². The van der Waals surface area contributed by atoms with Gasteiger partial charge in [0, 0.05) is 0 Å². The second-order valence-corrected chi connectivity index (χ2v) is 16.2. The summed E-state index contributed by atoms with van der Waals surface area (Å²) in [6, 6.07) is 4.81. The fourth-order valence-corrected chi connectivity index (χ4v) is 3.05. The molecule has 0 unspecified atom stereocenters. The van der Waals surface area contributed by atoms with Crippen LogP contribution in [0.25, 0.3) is 0 Å². The van der Waals surface area contributed by atoms with E-state index in [1.165, 1.54) is 12.1 Å². The van der Waals surface area contributed by atoms with E-state index in [1.807, 2.05) is 0 Å². The number of nitro groups is 1. The number of ether oxygens (including phenoxy) is 1. The van der Waals surface area contributed by atoms with Crippen molar-refractivity contribution in [3.8, 4) is 0 Å². The van der Waals surface area contributed by atoms with Crippen molar-refractivity contribution in [2.45, 2.75) is 34.6 Å². The van der Waals surface area contributed by atoms with Crippen molar-refractivity contribution >= 4 is 19.2 Å². The first kappa shape index (κ1) is 18.0. The topological polar surface area (TPSA) is 52.4 Å². The Labute approximate surface area is 123 Å². The Morgan fingerprint density at radius 2 is 1.86 bits per heavy atom. The van der Waals surface area contributed by atoms with Crippen molar-refractivity contribution in [1.82, 2.24) is 0 Å². The number of nitro benzene ring substituents is 1. The van der Waals surface area contributed by atoms with E-state index >= 15 is 0 Å². The fourth-order valence-electron chi connectivity index (χ4n) is 1.68. The van der Waals surface area contributed by atoms with Crippen molar-refractivity contribution in [2.75, 3.05) is 6.61 Å².